The molecule has 1 fully saturated rings. The Kier molecular flexibility index (Phi) is 3.88. The first-order valence-electron chi connectivity index (χ1n) is 4.91. The quantitative estimate of drug-likeness (QED) is 0.653. The van der Waals surface area contributed by atoms with E-state index in [4.69, 9.17) is 9.47 Å². The van der Waals surface area contributed by atoms with Gasteiger partial charge < -0.3 is 9.47 Å². The standard InChI is InChI=1S/C10H18O3/c1-3-13-10(6-4-5-7-10)9(11)8-12-2/h3-8H2,1-2H3. The summed E-state index contributed by atoms with van der Waals surface area (Å²) in [5.74, 6) is 0.106. The van der Waals surface area contributed by atoms with Crippen molar-refractivity contribution in [2.45, 2.75) is 38.2 Å². The van der Waals surface area contributed by atoms with Gasteiger partial charge in [-0.05, 0) is 32.6 Å². The van der Waals surface area contributed by atoms with Crippen LogP contribution in [0.4, 0.5) is 0 Å². The third kappa shape index (κ3) is 2.29. The third-order valence-electron chi connectivity index (χ3n) is 2.62. The molecule has 0 heterocycles. The molecule has 0 spiro atoms. The second-order valence-corrected chi connectivity index (χ2v) is 3.49. The number of carbonyl (C=O) groups is 1. The minimum atomic E-state index is -0.509. The first-order valence-corrected chi connectivity index (χ1v) is 4.91. The summed E-state index contributed by atoms with van der Waals surface area (Å²) in [7, 11) is 1.55. The third-order valence-corrected chi connectivity index (χ3v) is 2.62. The Morgan fingerprint density at radius 3 is 2.46 bits per heavy atom. The Morgan fingerprint density at radius 2 is 2.00 bits per heavy atom. The lowest BCUT2D eigenvalue weighted by Gasteiger charge is -2.26. The van der Waals surface area contributed by atoms with E-state index in [0.717, 1.165) is 25.7 Å². The van der Waals surface area contributed by atoms with E-state index in [0.29, 0.717) is 6.61 Å². The van der Waals surface area contributed by atoms with Crippen molar-refractivity contribution in [3.63, 3.8) is 0 Å². The summed E-state index contributed by atoms with van der Waals surface area (Å²) < 4.78 is 10.4. The van der Waals surface area contributed by atoms with Crippen LogP contribution < -0.4 is 0 Å². The Balaban J connectivity index is 2.60. The second-order valence-electron chi connectivity index (χ2n) is 3.49. The smallest absolute Gasteiger partial charge is 0.190 e. The molecule has 0 radical (unpaired) electrons. The van der Waals surface area contributed by atoms with Crippen LogP contribution >= 0.6 is 0 Å². The lowest BCUT2D eigenvalue weighted by Crippen LogP contribution is -2.41. The SMILES string of the molecule is CCOC1(C(=O)COC)CCCC1. The first kappa shape index (κ1) is 10.7. The van der Waals surface area contributed by atoms with E-state index < -0.39 is 5.60 Å². The van der Waals surface area contributed by atoms with E-state index in [1.165, 1.54) is 0 Å². The number of Topliss-reactive ketones (excluding diaryl/α,β-unsaturated/α-hetero) is 1. The summed E-state index contributed by atoms with van der Waals surface area (Å²) in [6, 6.07) is 0. The minimum Gasteiger partial charge on any atom is -0.377 e. The van der Waals surface area contributed by atoms with Crippen LogP contribution in [0.2, 0.25) is 0 Å². The van der Waals surface area contributed by atoms with Crippen LogP contribution in [0.25, 0.3) is 0 Å². The lowest BCUT2D eigenvalue weighted by atomic mass is 9.96. The molecule has 1 saturated carbocycles. The van der Waals surface area contributed by atoms with Gasteiger partial charge in [0.15, 0.2) is 5.78 Å². The molecule has 0 aromatic heterocycles. The van der Waals surface area contributed by atoms with Gasteiger partial charge in [-0.2, -0.15) is 0 Å². The maximum Gasteiger partial charge on any atom is 0.190 e. The van der Waals surface area contributed by atoms with Crippen molar-refractivity contribution >= 4 is 5.78 Å². The molecule has 0 atom stereocenters. The van der Waals surface area contributed by atoms with E-state index in [-0.39, 0.29) is 12.4 Å². The molecule has 0 amide bonds. The average Bonchev–Trinajstić information content (AvgIpc) is 2.55. The van der Waals surface area contributed by atoms with Gasteiger partial charge in [0.25, 0.3) is 0 Å². The zero-order valence-electron chi connectivity index (χ0n) is 8.47. The molecule has 0 bridgehead atoms. The van der Waals surface area contributed by atoms with Crippen molar-refractivity contribution in [1.82, 2.24) is 0 Å². The summed E-state index contributed by atoms with van der Waals surface area (Å²) in [5.41, 5.74) is -0.509. The van der Waals surface area contributed by atoms with E-state index in [1.54, 1.807) is 7.11 Å². The molecular weight excluding hydrogens is 168 g/mol. The predicted molar refractivity (Wildman–Crippen MR) is 49.7 cm³/mol. The molecule has 0 aromatic carbocycles. The van der Waals surface area contributed by atoms with Gasteiger partial charge >= 0.3 is 0 Å². The van der Waals surface area contributed by atoms with Gasteiger partial charge in [0.2, 0.25) is 0 Å². The molecule has 76 valence electrons. The van der Waals surface area contributed by atoms with Crippen molar-refractivity contribution in [2.75, 3.05) is 20.3 Å². The topological polar surface area (TPSA) is 35.5 Å². The van der Waals surface area contributed by atoms with E-state index in [9.17, 15) is 4.79 Å². The highest BCUT2D eigenvalue weighted by Crippen LogP contribution is 2.34. The Hall–Kier alpha value is -0.410. The summed E-state index contributed by atoms with van der Waals surface area (Å²) in [6.07, 6.45) is 3.91. The Labute approximate surface area is 79.4 Å². The Bertz CT molecular complexity index is 171. The van der Waals surface area contributed by atoms with Crippen molar-refractivity contribution < 1.29 is 14.3 Å². The average molecular weight is 186 g/mol. The fourth-order valence-corrected chi connectivity index (χ4v) is 1.99. The van der Waals surface area contributed by atoms with Crippen LogP contribution in [-0.2, 0) is 14.3 Å². The number of ketones is 1. The molecule has 3 heteroatoms. The van der Waals surface area contributed by atoms with Crippen molar-refractivity contribution in [3.05, 3.63) is 0 Å². The van der Waals surface area contributed by atoms with Gasteiger partial charge in [-0.3, -0.25) is 4.79 Å². The highest BCUT2D eigenvalue weighted by Gasteiger charge is 2.41. The van der Waals surface area contributed by atoms with Gasteiger partial charge in [-0.15, -0.1) is 0 Å². The fraction of sp³-hybridized carbons (Fsp3) is 0.900. The molecule has 0 N–H and O–H groups in total. The molecule has 1 aliphatic rings. The number of carbonyl (C=O) groups excluding carboxylic acids is 1. The van der Waals surface area contributed by atoms with Crippen molar-refractivity contribution in [1.29, 1.82) is 0 Å². The molecule has 0 unspecified atom stereocenters. The van der Waals surface area contributed by atoms with Crippen LogP contribution in [0, 0.1) is 0 Å². The van der Waals surface area contributed by atoms with Crippen LogP contribution in [0.1, 0.15) is 32.6 Å². The number of ether oxygens (including phenoxy) is 2. The minimum absolute atomic E-state index is 0.106. The largest absolute Gasteiger partial charge is 0.377 e. The maximum absolute atomic E-state index is 11.7. The number of hydrogen-bond donors (Lipinski definition) is 0. The van der Waals surface area contributed by atoms with E-state index in [1.807, 2.05) is 6.92 Å². The molecule has 1 aliphatic carbocycles. The summed E-state index contributed by atoms with van der Waals surface area (Å²) in [4.78, 5) is 11.7. The van der Waals surface area contributed by atoms with E-state index in [2.05, 4.69) is 0 Å². The molecular formula is C10H18O3. The number of methoxy groups -OCH3 is 1. The number of rotatable bonds is 5. The van der Waals surface area contributed by atoms with Crippen LogP contribution in [0.5, 0.6) is 0 Å². The molecule has 0 aliphatic heterocycles. The van der Waals surface area contributed by atoms with Crippen LogP contribution in [0.3, 0.4) is 0 Å². The van der Waals surface area contributed by atoms with Crippen LogP contribution in [0.15, 0.2) is 0 Å². The number of hydrogen-bond acceptors (Lipinski definition) is 3. The molecule has 3 nitrogen and oxygen atoms in total. The zero-order valence-corrected chi connectivity index (χ0v) is 8.47. The molecule has 13 heavy (non-hydrogen) atoms. The maximum atomic E-state index is 11.7. The first-order chi connectivity index (χ1) is 6.25. The van der Waals surface area contributed by atoms with Gasteiger partial charge in [0, 0.05) is 13.7 Å². The van der Waals surface area contributed by atoms with Gasteiger partial charge in [-0.25, -0.2) is 0 Å². The second kappa shape index (κ2) is 4.72. The van der Waals surface area contributed by atoms with Crippen molar-refractivity contribution in [3.8, 4) is 0 Å². The Morgan fingerprint density at radius 1 is 1.38 bits per heavy atom. The highest BCUT2D eigenvalue weighted by atomic mass is 16.5. The highest BCUT2D eigenvalue weighted by molar-refractivity contribution is 5.88. The van der Waals surface area contributed by atoms with Crippen LogP contribution in [-0.4, -0.2) is 31.7 Å². The lowest BCUT2D eigenvalue weighted by molar-refractivity contribution is -0.147. The molecule has 0 aromatic rings. The van der Waals surface area contributed by atoms with Gasteiger partial charge in [0.1, 0.15) is 12.2 Å². The van der Waals surface area contributed by atoms with Gasteiger partial charge in [0.05, 0.1) is 0 Å². The van der Waals surface area contributed by atoms with Gasteiger partial charge in [-0.1, -0.05) is 0 Å². The van der Waals surface area contributed by atoms with E-state index >= 15 is 0 Å². The monoisotopic (exact) mass is 186 g/mol. The predicted octanol–water partition coefficient (Wildman–Crippen LogP) is 1.55. The fourth-order valence-electron chi connectivity index (χ4n) is 1.99. The summed E-state index contributed by atoms with van der Waals surface area (Å²) in [5, 5.41) is 0. The summed E-state index contributed by atoms with van der Waals surface area (Å²) >= 11 is 0. The molecule has 0 saturated heterocycles. The summed E-state index contributed by atoms with van der Waals surface area (Å²) in [6.45, 7) is 2.72. The molecule has 1 rings (SSSR count). The normalized spacial score (nSPS) is 20.5. The van der Waals surface area contributed by atoms with Crippen molar-refractivity contribution in [2.24, 2.45) is 0 Å². The zero-order chi connectivity index (χ0) is 9.73.